The van der Waals surface area contributed by atoms with Gasteiger partial charge >= 0.3 is 0 Å². The van der Waals surface area contributed by atoms with Gasteiger partial charge in [0.15, 0.2) is 17.4 Å². The van der Waals surface area contributed by atoms with E-state index in [1.807, 2.05) is 6.92 Å². The summed E-state index contributed by atoms with van der Waals surface area (Å²) in [7, 11) is 0. The quantitative estimate of drug-likeness (QED) is 0.186. The Morgan fingerprint density at radius 1 is 1.37 bits per heavy atom. The molecule has 0 saturated carbocycles. The van der Waals surface area contributed by atoms with Gasteiger partial charge in [0, 0.05) is 5.70 Å². The van der Waals surface area contributed by atoms with E-state index in [0.717, 1.165) is 6.08 Å². The van der Waals surface area contributed by atoms with Crippen LogP contribution < -0.4 is 11.3 Å². The molecule has 0 saturated heterocycles. The van der Waals surface area contributed by atoms with Crippen LogP contribution >= 0.6 is 0 Å². The first kappa shape index (κ1) is 16.8. The van der Waals surface area contributed by atoms with E-state index in [9.17, 15) is 8.78 Å². The van der Waals surface area contributed by atoms with Gasteiger partial charge in [0.05, 0.1) is 6.20 Å². The second-order valence-corrected chi connectivity index (χ2v) is 3.21. The van der Waals surface area contributed by atoms with Crippen LogP contribution in [0.25, 0.3) is 0 Å². The van der Waals surface area contributed by atoms with Gasteiger partial charge in [-0.25, -0.2) is 13.8 Å². The summed E-state index contributed by atoms with van der Waals surface area (Å²) in [6.07, 6.45) is 3.96. The van der Waals surface area contributed by atoms with Gasteiger partial charge in [0.1, 0.15) is 0 Å². The lowest BCUT2D eigenvalue weighted by molar-refractivity contribution is 0.375. The number of aliphatic imine (C=N–C) groups is 1. The number of rotatable bonds is 7. The summed E-state index contributed by atoms with van der Waals surface area (Å²) in [4.78, 5) is 3.85. The first-order valence-corrected chi connectivity index (χ1v) is 5.40. The molecule has 3 N–H and O–H groups in total. The number of nitrogens with two attached hydrogens (primary N) is 1. The van der Waals surface area contributed by atoms with E-state index < -0.39 is 17.4 Å². The minimum atomic E-state index is -1.08. The monoisotopic (exact) mass is 269 g/mol. The normalized spacial score (nSPS) is 13.5. The van der Waals surface area contributed by atoms with Crippen LogP contribution in [0.15, 0.2) is 66.2 Å². The molecule has 0 aromatic heterocycles. The predicted molar refractivity (Wildman–Crippen MR) is 73.0 cm³/mol. The summed E-state index contributed by atoms with van der Waals surface area (Å²) in [6, 6.07) is 0. The number of allylic oxidation sites excluding steroid dienone is 4. The lowest BCUT2D eigenvalue weighted by atomic mass is 10.3. The molecule has 104 valence electrons. The average molecular weight is 269 g/mol. The average Bonchev–Trinajstić information content (AvgIpc) is 2.41. The van der Waals surface area contributed by atoms with Crippen LogP contribution in [0.4, 0.5) is 8.78 Å². The van der Waals surface area contributed by atoms with Crippen molar-refractivity contribution in [3.63, 3.8) is 0 Å². The van der Waals surface area contributed by atoms with Gasteiger partial charge in [-0.2, -0.15) is 0 Å². The van der Waals surface area contributed by atoms with Crippen molar-refractivity contribution in [2.45, 2.75) is 13.3 Å². The fraction of sp³-hybridized carbons (Fsp3) is 0.154. The van der Waals surface area contributed by atoms with Gasteiger partial charge in [0.25, 0.3) is 0 Å². The molecule has 0 aromatic rings. The molecule has 0 atom stereocenters. The van der Waals surface area contributed by atoms with E-state index in [1.54, 1.807) is 0 Å². The highest BCUT2D eigenvalue weighted by Gasteiger charge is 2.12. The predicted octanol–water partition coefficient (Wildman–Crippen LogP) is 3.15. The van der Waals surface area contributed by atoms with Crippen LogP contribution in [-0.4, -0.2) is 5.90 Å². The third kappa shape index (κ3) is 5.78. The van der Waals surface area contributed by atoms with Crippen molar-refractivity contribution in [1.82, 2.24) is 5.43 Å². The zero-order valence-electron chi connectivity index (χ0n) is 10.7. The molecule has 6 heteroatoms. The summed E-state index contributed by atoms with van der Waals surface area (Å²) in [5, 5.41) is 0. The molecular weight excluding hydrogens is 252 g/mol. The van der Waals surface area contributed by atoms with E-state index in [2.05, 4.69) is 30.2 Å². The molecule has 0 rings (SSSR count). The first-order chi connectivity index (χ1) is 8.99. The van der Waals surface area contributed by atoms with Crippen LogP contribution in [-0.2, 0) is 4.74 Å². The maximum Gasteiger partial charge on any atom is 0.218 e. The van der Waals surface area contributed by atoms with Crippen LogP contribution in [0.1, 0.15) is 13.3 Å². The topological polar surface area (TPSA) is 59.6 Å². The number of hydrogen-bond acceptors (Lipinski definition) is 4. The summed E-state index contributed by atoms with van der Waals surface area (Å²) in [5.74, 6) is 2.35. The van der Waals surface area contributed by atoms with Crippen molar-refractivity contribution in [1.29, 1.82) is 0 Å². The Kier molecular flexibility index (Phi) is 7.79. The fourth-order valence-electron chi connectivity index (χ4n) is 0.924. The molecule has 4 nitrogen and oxygen atoms in total. The summed E-state index contributed by atoms with van der Waals surface area (Å²) >= 11 is 0. The van der Waals surface area contributed by atoms with Gasteiger partial charge in [-0.15, -0.1) is 0 Å². The third-order valence-corrected chi connectivity index (χ3v) is 1.94. The molecule has 0 radical (unpaired) electrons. The third-order valence-electron chi connectivity index (χ3n) is 1.94. The molecule has 0 aromatic carbocycles. The molecule has 0 spiro atoms. The highest BCUT2D eigenvalue weighted by molar-refractivity contribution is 5.88. The van der Waals surface area contributed by atoms with Crippen molar-refractivity contribution in [2.75, 3.05) is 0 Å². The molecule has 0 heterocycles. The summed E-state index contributed by atoms with van der Waals surface area (Å²) in [6.45, 7) is 11.4. The largest absolute Gasteiger partial charge is 0.433 e. The van der Waals surface area contributed by atoms with E-state index in [4.69, 9.17) is 10.6 Å². The van der Waals surface area contributed by atoms with Crippen molar-refractivity contribution < 1.29 is 13.5 Å². The number of ether oxygens (including phenoxy) is 1. The Hall–Kier alpha value is -2.21. The molecule has 0 amide bonds. The number of hydrazine groups is 1. The van der Waals surface area contributed by atoms with Crippen molar-refractivity contribution >= 4 is 5.90 Å². The Labute approximate surface area is 111 Å². The first-order valence-electron chi connectivity index (χ1n) is 5.40. The van der Waals surface area contributed by atoms with Crippen LogP contribution in [0, 0.1) is 0 Å². The Balaban J connectivity index is 5.25. The molecule has 0 unspecified atom stereocenters. The zero-order valence-corrected chi connectivity index (χ0v) is 10.7. The Morgan fingerprint density at radius 3 is 2.37 bits per heavy atom. The van der Waals surface area contributed by atoms with Crippen molar-refractivity contribution in [3.8, 4) is 0 Å². The maximum absolute atomic E-state index is 13.3. The summed E-state index contributed by atoms with van der Waals surface area (Å²) in [5.41, 5.74) is 3.02. The smallest absolute Gasteiger partial charge is 0.218 e. The zero-order chi connectivity index (χ0) is 14.8. The number of halogens is 2. The highest BCUT2D eigenvalue weighted by atomic mass is 19.1. The molecule has 0 bridgehead atoms. The molecule has 0 aliphatic rings. The van der Waals surface area contributed by atoms with Crippen molar-refractivity contribution in [2.24, 2.45) is 10.8 Å². The van der Waals surface area contributed by atoms with E-state index in [1.165, 1.54) is 12.3 Å². The lowest BCUT2D eigenvalue weighted by Gasteiger charge is -2.07. The molecule has 0 aliphatic carbocycles. The van der Waals surface area contributed by atoms with E-state index in [-0.39, 0.29) is 5.90 Å². The number of hydrogen-bond donors (Lipinski definition) is 2. The van der Waals surface area contributed by atoms with Gasteiger partial charge in [-0.3, -0.25) is 5.84 Å². The molecular formula is C13H17F2N3O. The standard InChI is InChI=1S/C13H17F2N3O/c1-5-10(18-16)8-17-12(7-3)19-13(9(4)14)11(15)6-2/h6-8,18H,2-5,16H2,1H3/b10-8+,13-11-,17-12?. The van der Waals surface area contributed by atoms with Crippen LogP contribution in [0.2, 0.25) is 0 Å². The minimum absolute atomic E-state index is 0.105. The minimum Gasteiger partial charge on any atom is -0.433 e. The summed E-state index contributed by atoms with van der Waals surface area (Å²) < 4.78 is 31.2. The van der Waals surface area contributed by atoms with Crippen molar-refractivity contribution in [3.05, 3.63) is 61.2 Å². The Morgan fingerprint density at radius 2 is 2.00 bits per heavy atom. The van der Waals surface area contributed by atoms with E-state index in [0.29, 0.717) is 12.1 Å². The molecule has 19 heavy (non-hydrogen) atoms. The van der Waals surface area contributed by atoms with Crippen LogP contribution in [0.5, 0.6) is 0 Å². The Bertz CT molecular complexity index is 445. The maximum atomic E-state index is 13.3. The van der Waals surface area contributed by atoms with Gasteiger partial charge in [0.2, 0.25) is 5.90 Å². The molecule has 0 fully saturated rings. The fourth-order valence-corrected chi connectivity index (χ4v) is 0.924. The van der Waals surface area contributed by atoms with Gasteiger partial charge < -0.3 is 10.2 Å². The highest BCUT2D eigenvalue weighted by Crippen LogP contribution is 2.19. The lowest BCUT2D eigenvalue weighted by Crippen LogP contribution is -2.20. The molecule has 0 aliphatic heterocycles. The van der Waals surface area contributed by atoms with Gasteiger partial charge in [-0.05, 0) is 18.6 Å². The second kappa shape index (κ2) is 8.82. The van der Waals surface area contributed by atoms with Crippen LogP contribution in [0.3, 0.4) is 0 Å². The van der Waals surface area contributed by atoms with Gasteiger partial charge in [-0.1, -0.05) is 26.7 Å². The number of nitrogens with one attached hydrogen (secondary N) is 1. The number of nitrogens with zero attached hydrogens (tertiary/aromatic N) is 1. The SMILES string of the molecule is C=CC(=N/C=C(\CC)NN)O/C(C(=C)F)=C(\F)C=C. The van der Waals surface area contributed by atoms with E-state index >= 15 is 0 Å². The second-order valence-electron chi connectivity index (χ2n) is 3.21.